The second-order valence-corrected chi connectivity index (χ2v) is 3.73. The van der Waals surface area contributed by atoms with Gasteiger partial charge >= 0.3 is 0 Å². The molecule has 0 aliphatic rings. The number of amides is 1. The molecule has 74 valence electrons. The Bertz CT molecular complexity index is 285. The maximum absolute atomic E-state index is 10.5. The summed E-state index contributed by atoms with van der Waals surface area (Å²) < 4.78 is 0. The van der Waals surface area contributed by atoms with E-state index < -0.39 is 0 Å². The van der Waals surface area contributed by atoms with Crippen LogP contribution in [0.5, 0.6) is 0 Å². The molecule has 1 aromatic heterocycles. The van der Waals surface area contributed by atoms with Crippen molar-refractivity contribution in [3.05, 3.63) is 21.9 Å². The van der Waals surface area contributed by atoms with E-state index in [1.165, 1.54) is 0 Å². The van der Waals surface area contributed by atoms with Crippen molar-refractivity contribution in [1.82, 2.24) is 0 Å². The summed E-state index contributed by atoms with van der Waals surface area (Å²) in [5.74, 6) is -0.302. The van der Waals surface area contributed by atoms with E-state index >= 15 is 0 Å². The van der Waals surface area contributed by atoms with E-state index in [0.717, 1.165) is 10.4 Å². The highest BCUT2D eigenvalue weighted by atomic mass is 35.5. The van der Waals surface area contributed by atoms with Crippen molar-refractivity contribution in [2.45, 2.75) is 19.4 Å². The highest BCUT2D eigenvalue weighted by molar-refractivity contribution is 7.10. The van der Waals surface area contributed by atoms with E-state index in [1.54, 1.807) is 11.3 Å². The van der Waals surface area contributed by atoms with Gasteiger partial charge in [0.25, 0.3) is 0 Å². The molecule has 5 heteroatoms. The number of nitrogens with two attached hydrogens (primary N) is 2. The van der Waals surface area contributed by atoms with E-state index in [2.05, 4.69) is 0 Å². The minimum atomic E-state index is -0.302. The molecule has 0 aliphatic carbocycles. The highest BCUT2D eigenvalue weighted by Crippen LogP contribution is 2.20. The van der Waals surface area contributed by atoms with Gasteiger partial charge in [-0.1, -0.05) is 0 Å². The molecule has 1 heterocycles. The second kappa shape index (κ2) is 5.21. The van der Waals surface area contributed by atoms with Gasteiger partial charge in [-0.05, 0) is 23.9 Å². The summed E-state index contributed by atoms with van der Waals surface area (Å²) in [6.45, 7) is 1.92. The molecule has 0 radical (unpaired) electrons. The Balaban J connectivity index is 0.00000144. The van der Waals surface area contributed by atoms with Gasteiger partial charge in [0.1, 0.15) is 0 Å². The number of primary amides is 1. The van der Waals surface area contributed by atoms with Gasteiger partial charge in [-0.15, -0.1) is 23.7 Å². The molecule has 0 aromatic carbocycles. The zero-order chi connectivity index (χ0) is 9.14. The minimum absolute atomic E-state index is 0. The molecule has 3 nitrogen and oxygen atoms in total. The molecule has 0 fully saturated rings. The summed E-state index contributed by atoms with van der Waals surface area (Å²) in [7, 11) is 0. The quantitative estimate of drug-likeness (QED) is 0.804. The molecule has 1 rings (SSSR count). The van der Waals surface area contributed by atoms with Crippen LogP contribution in [-0.4, -0.2) is 5.91 Å². The molecule has 1 unspecified atom stereocenters. The lowest BCUT2D eigenvalue weighted by Crippen LogP contribution is -2.13. The predicted molar refractivity (Wildman–Crippen MR) is 57.1 cm³/mol. The van der Waals surface area contributed by atoms with Gasteiger partial charge in [-0.25, -0.2) is 0 Å². The first kappa shape index (κ1) is 12.4. The summed E-state index contributed by atoms with van der Waals surface area (Å²) >= 11 is 1.57. The zero-order valence-corrected chi connectivity index (χ0v) is 8.95. The Morgan fingerprint density at radius 1 is 1.69 bits per heavy atom. The molecule has 1 atom stereocenters. The van der Waals surface area contributed by atoms with Crippen LogP contribution in [0, 0.1) is 0 Å². The fourth-order valence-electron chi connectivity index (χ4n) is 0.927. The van der Waals surface area contributed by atoms with Gasteiger partial charge < -0.3 is 11.5 Å². The van der Waals surface area contributed by atoms with Crippen molar-refractivity contribution in [2.75, 3.05) is 0 Å². The third-order valence-corrected chi connectivity index (χ3v) is 2.68. The SMILES string of the molecule is CC(N)c1cc(CC(N)=O)cs1.Cl. The number of halogens is 1. The third kappa shape index (κ3) is 3.76. The number of carbonyl (C=O) groups is 1. The Morgan fingerprint density at radius 3 is 2.69 bits per heavy atom. The van der Waals surface area contributed by atoms with Crippen molar-refractivity contribution in [2.24, 2.45) is 11.5 Å². The highest BCUT2D eigenvalue weighted by Gasteiger charge is 2.05. The molecule has 1 aromatic rings. The normalized spacial score (nSPS) is 11.8. The first-order chi connectivity index (χ1) is 5.59. The van der Waals surface area contributed by atoms with Crippen molar-refractivity contribution in [1.29, 1.82) is 0 Å². The molecule has 4 N–H and O–H groups in total. The van der Waals surface area contributed by atoms with Crippen LogP contribution < -0.4 is 11.5 Å². The van der Waals surface area contributed by atoms with Crippen LogP contribution >= 0.6 is 23.7 Å². The molecule has 1 amide bonds. The molecule has 13 heavy (non-hydrogen) atoms. The minimum Gasteiger partial charge on any atom is -0.369 e. The average molecular weight is 221 g/mol. The topological polar surface area (TPSA) is 69.1 Å². The van der Waals surface area contributed by atoms with Crippen LogP contribution in [-0.2, 0) is 11.2 Å². The lowest BCUT2D eigenvalue weighted by Gasteiger charge is -1.97. The van der Waals surface area contributed by atoms with Crippen LogP contribution in [0.2, 0.25) is 0 Å². The van der Waals surface area contributed by atoms with Crippen molar-refractivity contribution in [3.8, 4) is 0 Å². The molecule has 0 saturated heterocycles. The number of hydrogen-bond donors (Lipinski definition) is 2. The van der Waals surface area contributed by atoms with Crippen LogP contribution in [0.15, 0.2) is 11.4 Å². The molecule has 0 saturated carbocycles. The fraction of sp³-hybridized carbons (Fsp3) is 0.375. The Hall–Kier alpha value is -0.580. The van der Waals surface area contributed by atoms with Gasteiger partial charge in [-0.3, -0.25) is 4.79 Å². The largest absolute Gasteiger partial charge is 0.369 e. The molecule has 0 spiro atoms. The van der Waals surface area contributed by atoms with E-state index in [0.29, 0.717) is 6.42 Å². The first-order valence-corrected chi connectivity index (χ1v) is 4.58. The van der Waals surface area contributed by atoms with E-state index in [9.17, 15) is 4.79 Å². The van der Waals surface area contributed by atoms with Gasteiger partial charge in [0.05, 0.1) is 6.42 Å². The van der Waals surface area contributed by atoms with Crippen molar-refractivity contribution >= 4 is 29.7 Å². The smallest absolute Gasteiger partial charge is 0.221 e. The lowest BCUT2D eigenvalue weighted by atomic mass is 10.2. The Labute approximate surface area is 87.5 Å². The number of thiophene rings is 1. The number of rotatable bonds is 3. The standard InChI is InChI=1S/C8H12N2OS.ClH/c1-5(9)7-2-6(4-12-7)3-8(10)11;/h2,4-5H,3,9H2,1H3,(H2,10,11);1H. The number of carbonyl (C=O) groups excluding carboxylic acids is 1. The molecular formula is C8H13ClN2OS. The summed E-state index contributed by atoms with van der Waals surface area (Å²) in [5.41, 5.74) is 11.7. The van der Waals surface area contributed by atoms with Gasteiger partial charge in [0.15, 0.2) is 0 Å². The van der Waals surface area contributed by atoms with Gasteiger partial charge in [0.2, 0.25) is 5.91 Å². The van der Waals surface area contributed by atoms with Crippen LogP contribution in [0.3, 0.4) is 0 Å². The monoisotopic (exact) mass is 220 g/mol. The maximum Gasteiger partial charge on any atom is 0.221 e. The molecule has 0 bridgehead atoms. The van der Waals surface area contributed by atoms with Crippen LogP contribution in [0.4, 0.5) is 0 Å². The average Bonchev–Trinajstić information content (AvgIpc) is 2.34. The zero-order valence-electron chi connectivity index (χ0n) is 7.32. The van der Waals surface area contributed by atoms with E-state index in [-0.39, 0.29) is 24.4 Å². The Kier molecular flexibility index (Phi) is 4.98. The lowest BCUT2D eigenvalue weighted by molar-refractivity contribution is -0.117. The summed E-state index contributed by atoms with van der Waals surface area (Å²) in [4.78, 5) is 11.6. The second-order valence-electron chi connectivity index (χ2n) is 2.79. The fourth-order valence-corrected chi connectivity index (χ4v) is 1.80. The predicted octanol–water partition coefficient (Wildman–Crippen LogP) is 1.22. The Morgan fingerprint density at radius 2 is 2.31 bits per heavy atom. The maximum atomic E-state index is 10.5. The van der Waals surface area contributed by atoms with Crippen molar-refractivity contribution in [3.63, 3.8) is 0 Å². The summed E-state index contributed by atoms with van der Waals surface area (Å²) in [6, 6.07) is 1.97. The third-order valence-electron chi connectivity index (χ3n) is 1.50. The summed E-state index contributed by atoms with van der Waals surface area (Å²) in [6.07, 6.45) is 0.309. The number of hydrogen-bond acceptors (Lipinski definition) is 3. The summed E-state index contributed by atoms with van der Waals surface area (Å²) in [5, 5.41) is 1.92. The molecule has 0 aliphatic heterocycles. The van der Waals surface area contributed by atoms with Gasteiger partial charge in [0, 0.05) is 10.9 Å². The van der Waals surface area contributed by atoms with E-state index in [1.807, 2.05) is 18.4 Å². The van der Waals surface area contributed by atoms with Crippen LogP contribution in [0.1, 0.15) is 23.4 Å². The van der Waals surface area contributed by atoms with Crippen molar-refractivity contribution < 1.29 is 4.79 Å². The van der Waals surface area contributed by atoms with E-state index in [4.69, 9.17) is 11.5 Å². The molecular weight excluding hydrogens is 208 g/mol. The van der Waals surface area contributed by atoms with Gasteiger partial charge in [-0.2, -0.15) is 0 Å². The first-order valence-electron chi connectivity index (χ1n) is 3.71. The van der Waals surface area contributed by atoms with Crippen LogP contribution in [0.25, 0.3) is 0 Å².